The molecule has 0 fully saturated rings. The molecule has 138 valence electrons. The number of methoxy groups -OCH3 is 1. The molecule has 6 nitrogen and oxygen atoms in total. The van der Waals surface area contributed by atoms with E-state index in [1.807, 2.05) is 0 Å². The van der Waals surface area contributed by atoms with E-state index in [0.29, 0.717) is 11.4 Å². The van der Waals surface area contributed by atoms with Gasteiger partial charge in [-0.15, -0.1) is 0 Å². The van der Waals surface area contributed by atoms with Crippen LogP contribution in [0.5, 0.6) is 5.75 Å². The highest BCUT2D eigenvalue weighted by Gasteiger charge is 2.12. The maximum Gasteiger partial charge on any atom is 0.238 e. The lowest BCUT2D eigenvalue weighted by Crippen LogP contribution is -2.36. The van der Waals surface area contributed by atoms with Gasteiger partial charge >= 0.3 is 0 Å². The molecule has 0 saturated carbocycles. The zero-order chi connectivity index (χ0) is 19.1. The molecular formula is C18H19F2N3O3. The second-order valence-electron chi connectivity index (χ2n) is 5.63. The zero-order valence-corrected chi connectivity index (χ0v) is 14.4. The molecule has 0 spiro atoms. The molecule has 0 heterocycles. The number of nitrogens with zero attached hydrogens (tertiary/aromatic N) is 1. The highest BCUT2D eigenvalue weighted by atomic mass is 19.2. The van der Waals surface area contributed by atoms with E-state index >= 15 is 0 Å². The van der Waals surface area contributed by atoms with Crippen LogP contribution in [-0.2, 0) is 9.59 Å². The number of hydrogen-bond donors (Lipinski definition) is 2. The molecule has 2 rings (SSSR count). The van der Waals surface area contributed by atoms with Crippen LogP contribution in [0.3, 0.4) is 0 Å². The molecule has 0 radical (unpaired) electrons. The number of ether oxygens (including phenoxy) is 1. The molecule has 0 aliphatic heterocycles. The highest BCUT2D eigenvalue weighted by molar-refractivity contribution is 5.94. The maximum absolute atomic E-state index is 13.1. The number of carbonyl (C=O) groups is 2. The number of likely N-dealkylation sites (N-methyl/N-ethyl adjacent to an activating group) is 1. The smallest absolute Gasteiger partial charge is 0.238 e. The van der Waals surface area contributed by atoms with E-state index in [1.54, 1.807) is 38.4 Å². The van der Waals surface area contributed by atoms with E-state index in [9.17, 15) is 18.4 Å². The Kier molecular flexibility index (Phi) is 6.62. The van der Waals surface area contributed by atoms with Crippen molar-refractivity contribution in [3.8, 4) is 5.75 Å². The van der Waals surface area contributed by atoms with Crippen LogP contribution in [0.4, 0.5) is 20.2 Å². The summed E-state index contributed by atoms with van der Waals surface area (Å²) in [6.45, 7) is -0.105. The molecule has 0 aliphatic carbocycles. The first kappa shape index (κ1) is 19.3. The summed E-state index contributed by atoms with van der Waals surface area (Å²) in [7, 11) is 3.15. The van der Waals surface area contributed by atoms with E-state index in [0.717, 1.165) is 12.1 Å². The fourth-order valence-corrected chi connectivity index (χ4v) is 2.20. The number of anilines is 2. The number of halogens is 2. The number of nitrogens with one attached hydrogen (secondary N) is 2. The lowest BCUT2D eigenvalue weighted by molar-refractivity contribution is -0.119. The lowest BCUT2D eigenvalue weighted by Gasteiger charge is -2.16. The fourth-order valence-electron chi connectivity index (χ4n) is 2.20. The van der Waals surface area contributed by atoms with Crippen molar-refractivity contribution in [2.24, 2.45) is 0 Å². The number of amides is 2. The van der Waals surface area contributed by atoms with Gasteiger partial charge in [-0.3, -0.25) is 14.5 Å². The van der Waals surface area contributed by atoms with Crippen LogP contribution >= 0.6 is 0 Å². The summed E-state index contributed by atoms with van der Waals surface area (Å²) < 4.78 is 31.0. The maximum atomic E-state index is 13.1. The standard InChI is InChI=1S/C18H19F2N3O3/c1-23(10-17(24)21-12-3-6-14(26-2)7-4-12)11-18(25)22-13-5-8-15(19)16(20)9-13/h3-9H,10-11H2,1-2H3,(H,21,24)(H,22,25). The van der Waals surface area contributed by atoms with E-state index < -0.39 is 17.5 Å². The molecule has 26 heavy (non-hydrogen) atoms. The average molecular weight is 363 g/mol. The van der Waals surface area contributed by atoms with Crippen molar-refractivity contribution >= 4 is 23.2 Å². The van der Waals surface area contributed by atoms with Gasteiger partial charge in [0.05, 0.1) is 20.2 Å². The van der Waals surface area contributed by atoms with Gasteiger partial charge in [-0.2, -0.15) is 0 Å². The third-order valence-electron chi connectivity index (χ3n) is 3.40. The van der Waals surface area contributed by atoms with Gasteiger partial charge in [0.2, 0.25) is 11.8 Å². The summed E-state index contributed by atoms with van der Waals surface area (Å²) in [6.07, 6.45) is 0. The quantitative estimate of drug-likeness (QED) is 0.793. The summed E-state index contributed by atoms with van der Waals surface area (Å²) in [5.74, 6) is -2.10. The Balaban J connectivity index is 1.80. The monoisotopic (exact) mass is 363 g/mol. The molecule has 0 saturated heterocycles. The summed E-state index contributed by atoms with van der Waals surface area (Å²) >= 11 is 0. The van der Waals surface area contributed by atoms with Crippen molar-refractivity contribution in [1.29, 1.82) is 0 Å². The number of benzene rings is 2. The van der Waals surface area contributed by atoms with Crippen molar-refractivity contribution < 1.29 is 23.1 Å². The minimum Gasteiger partial charge on any atom is -0.497 e. The molecule has 0 aliphatic rings. The molecule has 8 heteroatoms. The van der Waals surface area contributed by atoms with Crippen LogP contribution in [0.1, 0.15) is 0 Å². The Morgan fingerprint density at radius 3 is 2.00 bits per heavy atom. The Labute approximate surface area is 149 Å². The van der Waals surface area contributed by atoms with E-state index in [4.69, 9.17) is 4.74 Å². The van der Waals surface area contributed by atoms with Crippen LogP contribution in [0.2, 0.25) is 0 Å². The highest BCUT2D eigenvalue weighted by Crippen LogP contribution is 2.15. The molecule has 2 N–H and O–H groups in total. The molecule has 2 aromatic carbocycles. The van der Waals surface area contributed by atoms with Gasteiger partial charge in [-0.25, -0.2) is 8.78 Å². The van der Waals surface area contributed by atoms with Gasteiger partial charge in [0.15, 0.2) is 11.6 Å². The Morgan fingerprint density at radius 1 is 0.923 bits per heavy atom. The van der Waals surface area contributed by atoms with Crippen LogP contribution < -0.4 is 15.4 Å². The third kappa shape index (κ3) is 5.82. The normalized spacial score (nSPS) is 10.5. The predicted molar refractivity (Wildman–Crippen MR) is 94.1 cm³/mol. The van der Waals surface area contributed by atoms with Gasteiger partial charge in [-0.1, -0.05) is 0 Å². The third-order valence-corrected chi connectivity index (χ3v) is 3.40. The SMILES string of the molecule is COc1ccc(NC(=O)CN(C)CC(=O)Nc2ccc(F)c(F)c2)cc1. The van der Waals surface area contributed by atoms with Crippen LogP contribution in [0, 0.1) is 11.6 Å². The summed E-state index contributed by atoms with van der Waals surface area (Å²) in [6, 6.07) is 9.91. The number of hydrogen-bond acceptors (Lipinski definition) is 4. The van der Waals surface area contributed by atoms with E-state index in [-0.39, 0.29) is 24.7 Å². The second kappa shape index (κ2) is 8.91. The number of carbonyl (C=O) groups excluding carboxylic acids is 2. The van der Waals surface area contributed by atoms with Crippen LogP contribution in [0.15, 0.2) is 42.5 Å². The molecular weight excluding hydrogens is 344 g/mol. The van der Waals surface area contributed by atoms with Crippen molar-refractivity contribution in [1.82, 2.24) is 4.90 Å². The van der Waals surface area contributed by atoms with Gasteiger partial charge in [0.25, 0.3) is 0 Å². The molecule has 0 aromatic heterocycles. The van der Waals surface area contributed by atoms with E-state index in [1.165, 1.54) is 11.0 Å². The average Bonchev–Trinajstić information content (AvgIpc) is 2.58. The molecule has 0 bridgehead atoms. The molecule has 0 unspecified atom stereocenters. The van der Waals surface area contributed by atoms with E-state index in [2.05, 4.69) is 10.6 Å². The first-order valence-electron chi connectivity index (χ1n) is 7.74. The first-order valence-corrected chi connectivity index (χ1v) is 7.74. The predicted octanol–water partition coefficient (Wildman–Crippen LogP) is 2.48. The fraction of sp³-hybridized carbons (Fsp3) is 0.222. The zero-order valence-electron chi connectivity index (χ0n) is 14.4. The van der Waals surface area contributed by atoms with Crippen molar-refractivity contribution in [2.45, 2.75) is 0 Å². The summed E-state index contributed by atoms with van der Waals surface area (Å²) in [5, 5.41) is 5.15. The van der Waals surface area contributed by atoms with Crippen molar-refractivity contribution in [2.75, 3.05) is 37.9 Å². The lowest BCUT2D eigenvalue weighted by atomic mass is 10.3. The van der Waals surface area contributed by atoms with Crippen LogP contribution in [0.25, 0.3) is 0 Å². The largest absolute Gasteiger partial charge is 0.497 e. The molecule has 2 amide bonds. The summed E-state index contributed by atoms with van der Waals surface area (Å²) in [4.78, 5) is 25.4. The second-order valence-corrected chi connectivity index (χ2v) is 5.63. The van der Waals surface area contributed by atoms with Gasteiger partial charge < -0.3 is 15.4 Å². The molecule has 0 atom stereocenters. The minimum absolute atomic E-state index is 0.0166. The topological polar surface area (TPSA) is 70.7 Å². The number of rotatable bonds is 7. The van der Waals surface area contributed by atoms with Crippen molar-refractivity contribution in [3.05, 3.63) is 54.1 Å². The first-order chi connectivity index (χ1) is 12.4. The Morgan fingerprint density at radius 2 is 1.46 bits per heavy atom. The minimum atomic E-state index is -1.05. The van der Waals surface area contributed by atoms with Gasteiger partial charge in [-0.05, 0) is 43.4 Å². The Bertz CT molecular complexity index is 782. The Hall–Kier alpha value is -3.00. The van der Waals surface area contributed by atoms with Gasteiger partial charge in [0.1, 0.15) is 5.75 Å². The van der Waals surface area contributed by atoms with Gasteiger partial charge in [0, 0.05) is 17.4 Å². The van der Waals surface area contributed by atoms with Crippen LogP contribution in [-0.4, -0.2) is 44.0 Å². The molecule has 2 aromatic rings. The summed E-state index contributed by atoms with van der Waals surface area (Å²) in [5.41, 5.74) is 0.750. The van der Waals surface area contributed by atoms with Crippen molar-refractivity contribution in [3.63, 3.8) is 0 Å².